The number of anilines is 1. The van der Waals surface area contributed by atoms with Crippen LogP contribution in [0, 0.1) is 15.9 Å². The van der Waals surface area contributed by atoms with Crippen molar-refractivity contribution < 1.29 is 32.0 Å². The van der Waals surface area contributed by atoms with E-state index in [1.54, 1.807) is 0 Å². The second-order valence-corrected chi connectivity index (χ2v) is 4.75. The van der Waals surface area contributed by atoms with Crippen molar-refractivity contribution in [3.63, 3.8) is 0 Å². The smallest absolute Gasteiger partial charge is 0.418 e. The number of nitrogens with one attached hydrogen (secondary N) is 1. The molecule has 0 aliphatic carbocycles. The van der Waals surface area contributed by atoms with Crippen LogP contribution in [0.2, 0.25) is 0 Å². The number of hydrogen-bond acceptors (Lipinski definition) is 4. The molecule has 0 aliphatic heterocycles. The van der Waals surface area contributed by atoms with Gasteiger partial charge in [-0.1, -0.05) is 12.1 Å². The average molecular weight is 358 g/mol. The van der Waals surface area contributed by atoms with Gasteiger partial charge >= 0.3 is 6.18 Å². The molecule has 0 aromatic heterocycles. The first-order valence-corrected chi connectivity index (χ1v) is 6.71. The van der Waals surface area contributed by atoms with Gasteiger partial charge in [0, 0.05) is 12.1 Å². The van der Waals surface area contributed by atoms with Crippen LogP contribution in [-0.4, -0.2) is 17.4 Å². The largest absolute Gasteiger partial charge is 0.481 e. The van der Waals surface area contributed by atoms with E-state index in [9.17, 15) is 32.5 Å². The summed E-state index contributed by atoms with van der Waals surface area (Å²) in [6.45, 7) is -0.741. The number of carbonyl (C=O) groups excluding carboxylic acids is 1. The third-order valence-electron chi connectivity index (χ3n) is 2.99. The number of amides is 1. The van der Waals surface area contributed by atoms with E-state index < -0.39 is 46.4 Å². The predicted molar refractivity (Wildman–Crippen MR) is 78.6 cm³/mol. The minimum absolute atomic E-state index is 0.239. The van der Waals surface area contributed by atoms with Gasteiger partial charge in [0.2, 0.25) is 0 Å². The molecule has 0 aliphatic rings. The summed E-state index contributed by atoms with van der Waals surface area (Å²) in [6.07, 6.45) is -4.92. The summed E-state index contributed by atoms with van der Waals surface area (Å²) in [6, 6.07) is 7.09. The van der Waals surface area contributed by atoms with Crippen LogP contribution in [0.25, 0.3) is 0 Å². The maximum atomic E-state index is 13.3. The van der Waals surface area contributed by atoms with Crippen molar-refractivity contribution >= 4 is 17.3 Å². The number of nitrogens with zero attached hydrogens (tertiary/aromatic N) is 1. The van der Waals surface area contributed by atoms with E-state index >= 15 is 0 Å². The Bertz CT molecular complexity index is 808. The Kier molecular flexibility index (Phi) is 5.20. The number of non-ortho nitro benzene ring substituents is 1. The van der Waals surface area contributed by atoms with E-state index in [-0.39, 0.29) is 5.75 Å². The summed E-state index contributed by atoms with van der Waals surface area (Å²) in [5.41, 5.74) is -2.81. The molecule has 0 spiro atoms. The van der Waals surface area contributed by atoms with E-state index in [0.29, 0.717) is 6.07 Å². The lowest BCUT2D eigenvalue weighted by Gasteiger charge is -2.14. The first-order valence-electron chi connectivity index (χ1n) is 6.71. The molecule has 132 valence electrons. The van der Waals surface area contributed by atoms with Gasteiger partial charge in [0.25, 0.3) is 11.6 Å². The Labute approximate surface area is 138 Å². The van der Waals surface area contributed by atoms with Crippen molar-refractivity contribution in [3.05, 3.63) is 64.0 Å². The van der Waals surface area contributed by atoms with Gasteiger partial charge in [0.15, 0.2) is 18.2 Å². The van der Waals surface area contributed by atoms with Gasteiger partial charge in [-0.25, -0.2) is 4.39 Å². The number of ether oxygens (including phenoxy) is 1. The highest BCUT2D eigenvalue weighted by Crippen LogP contribution is 2.37. The average Bonchev–Trinajstić information content (AvgIpc) is 2.53. The molecule has 10 heteroatoms. The molecule has 0 atom stereocenters. The number of para-hydroxylation sites is 1. The molecule has 1 N–H and O–H groups in total. The van der Waals surface area contributed by atoms with Gasteiger partial charge in [-0.2, -0.15) is 13.2 Å². The summed E-state index contributed by atoms with van der Waals surface area (Å²) < 4.78 is 57.2. The summed E-state index contributed by atoms with van der Waals surface area (Å²) in [5.74, 6) is -1.96. The van der Waals surface area contributed by atoms with Crippen LogP contribution < -0.4 is 10.1 Å². The second kappa shape index (κ2) is 7.16. The van der Waals surface area contributed by atoms with Crippen LogP contribution in [0.3, 0.4) is 0 Å². The van der Waals surface area contributed by atoms with E-state index in [0.717, 1.165) is 18.2 Å². The summed E-state index contributed by atoms with van der Waals surface area (Å²) >= 11 is 0. The van der Waals surface area contributed by atoms with Crippen LogP contribution in [-0.2, 0) is 11.0 Å². The van der Waals surface area contributed by atoms with Gasteiger partial charge in [-0.05, 0) is 18.2 Å². The number of alkyl halides is 3. The highest BCUT2D eigenvalue weighted by atomic mass is 19.4. The number of nitro benzene ring substituents is 1. The Balaban J connectivity index is 2.15. The molecular formula is C15H10F4N2O4. The summed E-state index contributed by atoms with van der Waals surface area (Å²) in [4.78, 5) is 21.4. The quantitative estimate of drug-likeness (QED) is 0.501. The minimum Gasteiger partial charge on any atom is -0.481 e. The number of nitro groups is 1. The number of hydrogen-bond donors (Lipinski definition) is 1. The summed E-state index contributed by atoms with van der Waals surface area (Å²) in [7, 11) is 0. The van der Waals surface area contributed by atoms with Crippen LogP contribution in [0.4, 0.5) is 28.9 Å². The number of carbonyl (C=O) groups is 1. The van der Waals surface area contributed by atoms with E-state index in [1.807, 2.05) is 5.32 Å². The van der Waals surface area contributed by atoms with Crippen molar-refractivity contribution in [2.75, 3.05) is 11.9 Å². The first kappa shape index (κ1) is 18.2. The number of rotatable bonds is 5. The zero-order valence-electron chi connectivity index (χ0n) is 12.3. The lowest BCUT2D eigenvalue weighted by molar-refractivity contribution is -0.385. The Morgan fingerprint density at radius 3 is 2.48 bits per heavy atom. The zero-order chi connectivity index (χ0) is 18.6. The maximum absolute atomic E-state index is 13.3. The molecule has 0 bridgehead atoms. The predicted octanol–water partition coefficient (Wildman–Crippen LogP) is 3.77. The molecule has 0 radical (unpaired) electrons. The molecule has 1 amide bonds. The van der Waals surface area contributed by atoms with Gasteiger partial charge in [-0.3, -0.25) is 14.9 Å². The fraction of sp³-hybridized carbons (Fsp3) is 0.133. The molecule has 2 aromatic carbocycles. The lowest BCUT2D eigenvalue weighted by Crippen LogP contribution is -2.22. The molecule has 0 heterocycles. The molecule has 0 saturated carbocycles. The van der Waals surface area contributed by atoms with Gasteiger partial charge < -0.3 is 10.1 Å². The molecule has 2 aromatic rings. The first-order chi connectivity index (χ1) is 11.7. The van der Waals surface area contributed by atoms with Crippen molar-refractivity contribution in [3.8, 4) is 5.75 Å². The highest BCUT2D eigenvalue weighted by molar-refractivity contribution is 5.93. The lowest BCUT2D eigenvalue weighted by atomic mass is 10.1. The molecule has 6 nitrogen and oxygen atoms in total. The highest BCUT2D eigenvalue weighted by Gasteiger charge is 2.35. The molecule has 0 saturated heterocycles. The standard InChI is InChI=1S/C15H10F4N2O4/c16-11-3-1-2-4-13(11)25-8-14(22)20-12-6-5-9(21(23)24)7-10(12)15(17,18)19/h1-7H,8H2,(H,20,22). The molecule has 0 unspecified atom stereocenters. The van der Waals surface area contributed by atoms with Crippen LogP contribution in [0.1, 0.15) is 5.56 Å². The molecule has 2 rings (SSSR count). The molecular weight excluding hydrogens is 348 g/mol. The molecule has 25 heavy (non-hydrogen) atoms. The SMILES string of the molecule is O=C(COc1ccccc1F)Nc1ccc([N+](=O)[O-])cc1C(F)(F)F. The molecule has 0 fully saturated rings. The second-order valence-electron chi connectivity index (χ2n) is 4.75. The van der Waals surface area contributed by atoms with E-state index in [4.69, 9.17) is 4.74 Å². The Morgan fingerprint density at radius 1 is 1.20 bits per heavy atom. The fourth-order valence-electron chi connectivity index (χ4n) is 1.88. The normalized spacial score (nSPS) is 11.0. The van der Waals surface area contributed by atoms with Crippen molar-refractivity contribution in [2.24, 2.45) is 0 Å². The third kappa shape index (κ3) is 4.66. The minimum atomic E-state index is -4.92. The Morgan fingerprint density at radius 2 is 1.88 bits per heavy atom. The zero-order valence-corrected chi connectivity index (χ0v) is 12.3. The third-order valence-corrected chi connectivity index (χ3v) is 2.99. The van der Waals surface area contributed by atoms with Crippen molar-refractivity contribution in [1.29, 1.82) is 0 Å². The van der Waals surface area contributed by atoms with Crippen LogP contribution in [0.15, 0.2) is 42.5 Å². The number of halogens is 4. The summed E-state index contributed by atoms with van der Waals surface area (Å²) in [5, 5.41) is 12.5. The van der Waals surface area contributed by atoms with E-state index in [1.165, 1.54) is 18.2 Å². The van der Waals surface area contributed by atoms with Crippen molar-refractivity contribution in [2.45, 2.75) is 6.18 Å². The van der Waals surface area contributed by atoms with Gasteiger partial charge in [-0.15, -0.1) is 0 Å². The van der Waals surface area contributed by atoms with Crippen LogP contribution in [0.5, 0.6) is 5.75 Å². The van der Waals surface area contributed by atoms with Gasteiger partial charge in [0.1, 0.15) is 0 Å². The topological polar surface area (TPSA) is 81.5 Å². The number of benzene rings is 2. The van der Waals surface area contributed by atoms with E-state index in [2.05, 4.69) is 0 Å². The van der Waals surface area contributed by atoms with Crippen molar-refractivity contribution in [1.82, 2.24) is 0 Å². The maximum Gasteiger partial charge on any atom is 0.418 e. The monoisotopic (exact) mass is 358 g/mol. The van der Waals surface area contributed by atoms with Gasteiger partial charge in [0.05, 0.1) is 16.2 Å². The Hall–Kier alpha value is -3.17. The fourth-order valence-corrected chi connectivity index (χ4v) is 1.88. The van der Waals surface area contributed by atoms with Crippen LogP contribution >= 0.6 is 0 Å².